The molecule has 0 atom stereocenters. The van der Waals surface area contributed by atoms with Crippen LogP contribution in [0.2, 0.25) is 0 Å². The number of fused-ring (bicyclic) bond motifs is 1. The van der Waals surface area contributed by atoms with Gasteiger partial charge in [-0.1, -0.05) is 18.2 Å². The number of anilines is 5. The Morgan fingerprint density at radius 3 is 2.34 bits per heavy atom. The Hall–Kier alpha value is -4.92. The van der Waals surface area contributed by atoms with E-state index in [0.717, 1.165) is 29.1 Å². The number of hydrogen-bond acceptors (Lipinski definition) is 3. The average Bonchev–Trinajstić information content (AvgIpc) is 3.44. The molecule has 1 aromatic heterocycles. The van der Waals surface area contributed by atoms with Crippen LogP contribution >= 0.6 is 0 Å². The molecule has 2 heterocycles. The molecular formula is C26H19F2N5O2. The number of amides is 3. The van der Waals surface area contributed by atoms with E-state index in [4.69, 9.17) is 0 Å². The standard InChI is InChI=1S/C26H19F2N5O2/c27-21-7-2-8-22(28)24(21)33-26(35)31-17-5-1-4-16(12-17)30-18-9-10-19-20(13-15-6-3-11-29-15)25(34)32-23(19)14-18/h1-14,29-30H,(H,32,34)(H2,31,33,35)/b20-13-. The van der Waals surface area contributed by atoms with Crippen LogP contribution in [-0.4, -0.2) is 16.9 Å². The second kappa shape index (κ2) is 9.14. The van der Waals surface area contributed by atoms with Crippen molar-refractivity contribution < 1.29 is 18.4 Å². The van der Waals surface area contributed by atoms with E-state index in [-0.39, 0.29) is 5.91 Å². The minimum Gasteiger partial charge on any atom is -0.362 e. The van der Waals surface area contributed by atoms with Gasteiger partial charge in [-0.3, -0.25) is 4.79 Å². The van der Waals surface area contributed by atoms with Gasteiger partial charge in [-0.2, -0.15) is 0 Å². The van der Waals surface area contributed by atoms with Gasteiger partial charge in [0.1, 0.15) is 17.3 Å². The van der Waals surface area contributed by atoms with Crippen molar-refractivity contribution >= 4 is 52.0 Å². The Labute approximate surface area is 198 Å². The highest BCUT2D eigenvalue weighted by Gasteiger charge is 2.24. The first-order valence-electron chi connectivity index (χ1n) is 10.7. The highest BCUT2D eigenvalue weighted by atomic mass is 19.1. The van der Waals surface area contributed by atoms with Gasteiger partial charge in [-0.25, -0.2) is 13.6 Å². The highest BCUT2D eigenvalue weighted by molar-refractivity contribution is 6.35. The van der Waals surface area contributed by atoms with E-state index >= 15 is 0 Å². The molecular weight excluding hydrogens is 452 g/mol. The number of aromatic nitrogens is 1. The van der Waals surface area contributed by atoms with Crippen molar-refractivity contribution in [2.24, 2.45) is 0 Å². The van der Waals surface area contributed by atoms with Crippen LogP contribution in [0, 0.1) is 11.6 Å². The lowest BCUT2D eigenvalue weighted by atomic mass is 10.1. The fraction of sp³-hybridized carbons (Fsp3) is 0. The minimum absolute atomic E-state index is 0.185. The molecule has 0 radical (unpaired) electrons. The summed E-state index contributed by atoms with van der Waals surface area (Å²) in [6.45, 7) is 0. The van der Waals surface area contributed by atoms with Crippen LogP contribution in [0.1, 0.15) is 11.3 Å². The Bertz CT molecular complexity index is 1440. The molecule has 0 fully saturated rings. The van der Waals surface area contributed by atoms with E-state index in [0.29, 0.717) is 22.6 Å². The molecule has 5 rings (SSSR count). The van der Waals surface area contributed by atoms with Crippen LogP contribution in [0.15, 0.2) is 79.0 Å². The van der Waals surface area contributed by atoms with Crippen molar-refractivity contribution in [1.29, 1.82) is 0 Å². The number of rotatable bonds is 5. The summed E-state index contributed by atoms with van der Waals surface area (Å²) < 4.78 is 27.5. The lowest BCUT2D eigenvalue weighted by Gasteiger charge is -2.12. The fourth-order valence-corrected chi connectivity index (χ4v) is 3.74. The Kier molecular flexibility index (Phi) is 5.72. The van der Waals surface area contributed by atoms with Crippen LogP contribution in [-0.2, 0) is 4.79 Å². The second-order valence-electron chi connectivity index (χ2n) is 7.78. The lowest BCUT2D eigenvalue weighted by molar-refractivity contribution is -0.110. The molecule has 3 amide bonds. The zero-order chi connectivity index (χ0) is 24.4. The van der Waals surface area contributed by atoms with E-state index in [1.54, 1.807) is 36.5 Å². The number of para-hydroxylation sites is 1. The number of aromatic amines is 1. The van der Waals surface area contributed by atoms with Crippen molar-refractivity contribution in [3.05, 3.63) is 102 Å². The maximum atomic E-state index is 13.8. The number of carbonyl (C=O) groups is 2. The Balaban J connectivity index is 1.29. The van der Waals surface area contributed by atoms with E-state index in [2.05, 4.69) is 26.3 Å². The third kappa shape index (κ3) is 4.74. The summed E-state index contributed by atoms with van der Waals surface area (Å²) in [7, 11) is 0. The van der Waals surface area contributed by atoms with Crippen LogP contribution in [0.3, 0.4) is 0 Å². The molecule has 0 bridgehead atoms. The van der Waals surface area contributed by atoms with E-state index in [1.165, 1.54) is 6.07 Å². The highest BCUT2D eigenvalue weighted by Crippen LogP contribution is 2.35. The third-order valence-corrected chi connectivity index (χ3v) is 5.33. The predicted octanol–water partition coefficient (Wildman–Crippen LogP) is 6.17. The number of nitrogens with one attached hydrogen (secondary N) is 5. The van der Waals surface area contributed by atoms with Crippen LogP contribution in [0.5, 0.6) is 0 Å². The van der Waals surface area contributed by atoms with Crippen molar-refractivity contribution in [1.82, 2.24) is 4.98 Å². The number of hydrogen-bond donors (Lipinski definition) is 5. The van der Waals surface area contributed by atoms with Gasteiger partial charge in [0, 0.05) is 34.5 Å². The molecule has 174 valence electrons. The topological polar surface area (TPSA) is 98.1 Å². The Morgan fingerprint density at radius 1 is 0.829 bits per heavy atom. The first-order chi connectivity index (χ1) is 17.0. The van der Waals surface area contributed by atoms with Crippen LogP contribution in [0.25, 0.3) is 11.6 Å². The number of urea groups is 1. The van der Waals surface area contributed by atoms with Gasteiger partial charge < -0.3 is 26.3 Å². The zero-order valence-corrected chi connectivity index (χ0v) is 18.2. The monoisotopic (exact) mass is 471 g/mol. The lowest BCUT2D eigenvalue weighted by Crippen LogP contribution is -2.21. The quantitative estimate of drug-likeness (QED) is 0.225. The van der Waals surface area contributed by atoms with E-state index in [1.807, 2.05) is 30.3 Å². The van der Waals surface area contributed by atoms with Gasteiger partial charge in [0.2, 0.25) is 0 Å². The van der Waals surface area contributed by atoms with Crippen molar-refractivity contribution in [2.75, 3.05) is 21.3 Å². The normalized spacial score (nSPS) is 13.3. The fourth-order valence-electron chi connectivity index (χ4n) is 3.74. The molecule has 1 aliphatic rings. The van der Waals surface area contributed by atoms with Gasteiger partial charge in [0.25, 0.3) is 5.91 Å². The van der Waals surface area contributed by atoms with Crippen LogP contribution < -0.4 is 21.3 Å². The van der Waals surface area contributed by atoms with Crippen molar-refractivity contribution in [2.45, 2.75) is 0 Å². The zero-order valence-electron chi connectivity index (χ0n) is 18.2. The Morgan fingerprint density at radius 2 is 1.57 bits per heavy atom. The summed E-state index contributed by atoms with van der Waals surface area (Å²) in [5.74, 6) is -1.93. The van der Waals surface area contributed by atoms with Crippen molar-refractivity contribution in [3.8, 4) is 0 Å². The molecule has 7 nitrogen and oxygen atoms in total. The SMILES string of the molecule is O=C(Nc1cccc(Nc2ccc3c(c2)NC(=O)/C3=C\c2ccc[nH]2)c1)Nc1c(F)cccc1F. The molecule has 3 aromatic carbocycles. The smallest absolute Gasteiger partial charge is 0.323 e. The van der Waals surface area contributed by atoms with Gasteiger partial charge >= 0.3 is 6.03 Å². The third-order valence-electron chi connectivity index (χ3n) is 5.33. The summed E-state index contributed by atoms with van der Waals surface area (Å²) in [6.07, 6.45) is 3.58. The molecule has 0 spiro atoms. The molecule has 5 N–H and O–H groups in total. The molecule has 0 aliphatic carbocycles. The summed E-state index contributed by atoms with van der Waals surface area (Å²) >= 11 is 0. The van der Waals surface area contributed by atoms with Gasteiger partial charge in [-0.05, 0) is 60.7 Å². The summed E-state index contributed by atoms with van der Waals surface area (Å²) in [4.78, 5) is 27.7. The first-order valence-corrected chi connectivity index (χ1v) is 10.7. The number of benzene rings is 3. The molecule has 4 aromatic rings. The van der Waals surface area contributed by atoms with E-state index in [9.17, 15) is 18.4 Å². The van der Waals surface area contributed by atoms with Crippen LogP contribution in [0.4, 0.5) is 42.0 Å². The molecule has 35 heavy (non-hydrogen) atoms. The summed E-state index contributed by atoms with van der Waals surface area (Å²) in [5, 5.41) is 10.8. The summed E-state index contributed by atoms with van der Waals surface area (Å²) in [6, 6.07) is 18.6. The number of carbonyl (C=O) groups excluding carboxylic acids is 2. The second-order valence-corrected chi connectivity index (χ2v) is 7.78. The average molecular weight is 471 g/mol. The first kappa shape index (κ1) is 21.9. The number of H-pyrrole nitrogens is 1. The van der Waals surface area contributed by atoms with Crippen molar-refractivity contribution in [3.63, 3.8) is 0 Å². The molecule has 0 saturated heterocycles. The largest absolute Gasteiger partial charge is 0.362 e. The van der Waals surface area contributed by atoms with Gasteiger partial charge in [-0.15, -0.1) is 0 Å². The van der Waals surface area contributed by atoms with E-state index < -0.39 is 23.4 Å². The number of halogens is 2. The molecule has 1 aliphatic heterocycles. The molecule has 0 unspecified atom stereocenters. The maximum Gasteiger partial charge on any atom is 0.323 e. The predicted molar refractivity (Wildman–Crippen MR) is 132 cm³/mol. The molecule has 0 saturated carbocycles. The minimum atomic E-state index is -0.870. The molecule has 9 heteroatoms. The summed E-state index contributed by atoms with van der Waals surface area (Å²) in [5.41, 5.74) is 4.14. The van der Waals surface area contributed by atoms with Gasteiger partial charge in [0.05, 0.1) is 11.3 Å². The van der Waals surface area contributed by atoms with Gasteiger partial charge in [0.15, 0.2) is 0 Å². The maximum absolute atomic E-state index is 13.8.